The van der Waals surface area contributed by atoms with Crippen molar-refractivity contribution in [3.05, 3.63) is 62.2 Å². The molecule has 0 unspecified atom stereocenters. The van der Waals surface area contributed by atoms with Crippen LogP contribution in [0, 0.1) is 6.92 Å². The summed E-state index contributed by atoms with van der Waals surface area (Å²) in [4.78, 5) is 27.5. The van der Waals surface area contributed by atoms with Gasteiger partial charge in [-0.25, -0.2) is 4.79 Å². The van der Waals surface area contributed by atoms with Gasteiger partial charge in [-0.1, -0.05) is 30.3 Å². The molecule has 0 radical (unpaired) electrons. The Labute approximate surface area is 200 Å². The van der Waals surface area contributed by atoms with Crippen LogP contribution in [-0.4, -0.2) is 24.1 Å². The van der Waals surface area contributed by atoms with Crippen molar-refractivity contribution in [2.45, 2.75) is 32.6 Å². The summed E-state index contributed by atoms with van der Waals surface area (Å²) in [5.74, 6) is -0.656. The van der Waals surface area contributed by atoms with Crippen LogP contribution in [-0.2, 0) is 17.6 Å². The molecule has 0 bridgehead atoms. The Morgan fingerprint density at radius 2 is 1.84 bits per heavy atom. The van der Waals surface area contributed by atoms with E-state index in [0.717, 1.165) is 47.3 Å². The molecule has 1 aromatic carbocycles. The normalized spacial score (nSPS) is 12.6. The van der Waals surface area contributed by atoms with Crippen LogP contribution in [0.25, 0.3) is 11.1 Å². The summed E-state index contributed by atoms with van der Waals surface area (Å²) in [6, 6.07) is 9.81. The Hall–Kier alpha value is -2.75. The average molecular weight is 486 g/mol. The molecule has 1 aliphatic rings. The van der Waals surface area contributed by atoms with E-state index >= 15 is 0 Å². The van der Waals surface area contributed by atoms with Crippen molar-refractivity contribution in [1.82, 2.24) is 10.9 Å². The van der Waals surface area contributed by atoms with Crippen LogP contribution >= 0.6 is 34.9 Å². The summed E-state index contributed by atoms with van der Waals surface area (Å²) >= 11 is 8.42. The van der Waals surface area contributed by atoms with Crippen LogP contribution in [0.15, 0.2) is 35.7 Å². The molecule has 2 heterocycles. The highest BCUT2D eigenvalue weighted by atomic mass is 32.1. The fourth-order valence-corrected chi connectivity index (χ4v) is 6.24. The Balaban J connectivity index is 1.46. The second kappa shape index (κ2) is 9.81. The number of ether oxygens (including phenoxy) is 1. The number of nitrogens with one attached hydrogen (secondary N) is 3. The van der Waals surface area contributed by atoms with Gasteiger partial charge in [0.15, 0.2) is 5.11 Å². The summed E-state index contributed by atoms with van der Waals surface area (Å²) in [6.45, 7) is 2.00. The number of hydrogen-bond acceptors (Lipinski definition) is 6. The number of thiophene rings is 2. The second-order valence-electron chi connectivity index (χ2n) is 7.39. The third-order valence-electron chi connectivity index (χ3n) is 5.36. The van der Waals surface area contributed by atoms with E-state index in [4.69, 9.17) is 17.0 Å². The molecule has 0 atom stereocenters. The molecule has 9 heteroatoms. The van der Waals surface area contributed by atoms with Gasteiger partial charge in [0.1, 0.15) is 5.00 Å². The summed E-state index contributed by atoms with van der Waals surface area (Å²) in [5.41, 5.74) is 9.50. The minimum absolute atomic E-state index is 0.204. The Bertz CT molecular complexity index is 1170. The smallest absolute Gasteiger partial charge is 0.341 e. The Morgan fingerprint density at radius 1 is 1.09 bits per heavy atom. The predicted octanol–water partition coefficient (Wildman–Crippen LogP) is 5.08. The Kier molecular flexibility index (Phi) is 6.88. The number of aryl methyl sites for hydroxylation is 2. The zero-order valence-electron chi connectivity index (χ0n) is 17.7. The van der Waals surface area contributed by atoms with Gasteiger partial charge in [-0.3, -0.25) is 15.6 Å². The summed E-state index contributed by atoms with van der Waals surface area (Å²) < 4.78 is 4.99. The van der Waals surface area contributed by atoms with Crippen LogP contribution in [0.4, 0.5) is 5.00 Å². The molecule has 2 aromatic heterocycles. The Morgan fingerprint density at radius 3 is 2.59 bits per heavy atom. The molecule has 1 aliphatic carbocycles. The lowest BCUT2D eigenvalue weighted by Gasteiger charge is -2.13. The van der Waals surface area contributed by atoms with Gasteiger partial charge >= 0.3 is 5.97 Å². The van der Waals surface area contributed by atoms with Crippen molar-refractivity contribution in [3.8, 4) is 11.1 Å². The molecule has 32 heavy (non-hydrogen) atoms. The van der Waals surface area contributed by atoms with Gasteiger partial charge in [0.05, 0.1) is 18.2 Å². The second-order valence-corrected chi connectivity index (χ2v) is 9.98. The van der Waals surface area contributed by atoms with E-state index in [0.29, 0.717) is 16.1 Å². The number of carbonyl (C=O) groups excluding carboxylic acids is 2. The minimum Gasteiger partial charge on any atom is -0.465 e. The van der Waals surface area contributed by atoms with Crippen LogP contribution in [0.5, 0.6) is 0 Å². The molecule has 4 rings (SSSR count). The molecule has 3 aromatic rings. The highest BCUT2D eigenvalue weighted by Crippen LogP contribution is 2.38. The number of fused-ring (bicyclic) bond motifs is 1. The first-order valence-electron chi connectivity index (χ1n) is 10.2. The van der Waals surface area contributed by atoms with Crippen molar-refractivity contribution < 1.29 is 14.3 Å². The first-order chi connectivity index (χ1) is 15.5. The molecule has 3 N–H and O–H groups in total. The zero-order valence-corrected chi connectivity index (χ0v) is 20.2. The average Bonchev–Trinajstić information content (AvgIpc) is 3.37. The predicted molar refractivity (Wildman–Crippen MR) is 134 cm³/mol. The number of amides is 1. The highest BCUT2D eigenvalue weighted by Gasteiger charge is 2.26. The van der Waals surface area contributed by atoms with Crippen molar-refractivity contribution in [2.75, 3.05) is 12.4 Å². The number of benzene rings is 1. The largest absolute Gasteiger partial charge is 0.465 e. The van der Waals surface area contributed by atoms with E-state index in [2.05, 4.69) is 16.2 Å². The minimum atomic E-state index is -0.375. The van der Waals surface area contributed by atoms with Gasteiger partial charge in [0.2, 0.25) is 0 Å². The third-order valence-corrected chi connectivity index (χ3v) is 7.68. The van der Waals surface area contributed by atoms with Crippen LogP contribution in [0.3, 0.4) is 0 Å². The van der Waals surface area contributed by atoms with Gasteiger partial charge in [0.25, 0.3) is 5.91 Å². The SMILES string of the molecule is COC(=O)c1c(NC(=S)NNC(=O)c2csc(C)c2-c2ccccc2)sc2c1CCCC2. The first-order valence-corrected chi connectivity index (χ1v) is 12.3. The molecule has 0 spiro atoms. The molecular formula is C23H23N3O3S3. The number of methoxy groups -OCH3 is 1. The van der Waals surface area contributed by atoms with Gasteiger partial charge in [0, 0.05) is 20.7 Å². The molecule has 0 fully saturated rings. The van der Waals surface area contributed by atoms with E-state index in [1.807, 2.05) is 42.6 Å². The van der Waals surface area contributed by atoms with Crippen molar-refractivity contribution >= 4 is 56.9 Å². The molecule has 166 valence electrons. The molecule has 6 nitrogen and oxygen atoms in total. The number of anilines is 1. The zero-order chi connectivity index (χ0) is 22.7. The number of esters is 1. The maximum absolute atomic E-state index is 12.9. The number of hydrogen-bond donors (Lipinski definition) is 3. The summed E-state index contributed by atoms with van der Waals surface area (Å²) in [6.07, 6.45) is 3.96. The van der Waals surface area contributed by atoms with Crippen LogP contribution < -0.4 is 16.2 Å². The first kappa shape index (κ1) is 22.4. The number of carbonyl (C=O) groups is 2. The number of rotatable bonds is 4. The van der Waals surface area contributed by atoms with Gasteiger partial charge in [-0.15, -0.1) is 22.7 Å². The lowest BCUT2D eigenvalue weighted by Crippen LogP contribution is -2.43. The molecule has 1 amide bonds. The maximum atomic E-state index is 12.9. The maximum Gasteiger partial charge on any atom is 0.341 e. The summed E-state index contributed by atoms with van der Waals surface area (Å²) in [5, 5.41) is 5.76. The van der Waals surface area contributed by atoms with Crippen molar-refractivity contribution in [2.24, 2.45) is 0 Å². The number of thiocarbonyl (C=S) groups is 1. The van der Waals surface area contributed by atoms with E-state index < -0.39 is 0 Å². The van der Waals surface area contributed by atoms with Crippen molar-refractivity contribution in [1.29, 1.82) is 0 Å². The quantitative estimate of drug-likeness (QED) is 0.272. The highest BCUT2D eigenvalue weighted by molar-refractivity contribution is 7.80. The van der Waals surface area contributed by atoms with E-state index in [-0.39, 0.29) is 17.0 Å². The molecule has 0 saturated heterocycles. The van der Waals surface area contributed by atoms with Gasteiger partial charge < -0.3 is 10.1 Å². The summed E-state index contributed by atoms with van der Waals surface area (Å²) in [7, 11) is 1.38. The molecular weight excluding hydrogens is 462 g/mol. The van der Waals surface area contributed by atoms with Gasteiger partial charge in [-0.2, -0.15) is 0 Å². The topological polar surface area (TPSA) is 79.5 Å². The standard InChI is InChI=1S/C23H23N3O3S3/c1-13-18(14-8-4-3-5-9-14)16(12-31-13)20(27)25-26-23(30)24-21-19(22(28)29-2)15-10-6-7-11-17(15)32-21/h3-5,8-9,12H,6-7,10-11H2,1-2H3,(H,25,27)(H2,24,26,30). The van der Waals surface area contributed by atoms with E-state index in [1.54, 1.807) is 0 Å². The van der Waals surface area contributed by atoms with Crippen molar-refractivity contribution in [3.63, 3.8) is 0 Å². The fraction of sp³-hybridized carbons (Fsp3) is 0.261. The third kappa shape index (κ3) is 4.55. The van der Waals surface area contributed by atoms with Crippen LogP contribution in [0.2, 0.25) is 0 Å². The number of hydrazine groups is 1. The molecule has 0 saturated carbocycles. The van der Waals surface area contributed by atoms with E-state index in [1.165, 1.54) is 34.7 Å². The lowest BCUT2D eigenvalue weighted by molar-refractivity contribution is 0.0600. The lowest BCUT2D eigenvalue weighted by atomic mass is 9.95. The monoisotopic (exact) mass is 485 g/mol. The fourth-order valence-electron chi connectivity index (χ4n) is 3.87. The molecule has 0 aliphatic heterocycles. The van der Waals surface area contributed by atoms with Gasteiger partial charge in [-0.05, 0) is 56.0 Å². The van der Waals surface area contributed by atoms with Crippen LogP contribution in [0.1, 0.15) is 48.9 Å². The van der Waals surface area contributed by atoms with E-state index in [9.17, 15) is 9.59 Å².